The molecule has 0 spiro atoms. The van der Waals surface area contributed by atoms with Crippen LogP contribution in [0.15, 0.2) is 68.5 Å². The van der Waals surface area contributed by atoms with Crippen LogP contribution in [0.2, 0.25) is 0 Å². The van der Waals surface area contributed by atoms with Crippen molar-refractivity contribution in [2.75, 3.05) is 12.5 Å². The monoisotopic (exact) mass is 386 g/mol. The minimum Gasteiger partial charge on any atom is -0.262 e. The number of carbonyl (C=O) groups is 2. The minimum atomic E-state index is -0.892. The molecule has 0 aliphatic heterocycles. The number of nitrogens with one attached hydrogen (secondary N) is 2. The Morgan fingerprint density at radius 1 is 0.731 bits per heavy atom. The molecule has 26 heavy (non-hydrogen) atoms. The highest BCUT2D eigenvalue weighted by molar-refractivity contribution is 7.98. The van der Waals surface area contributed by atoms with Crippen LogP contribution in [-0.2, 0) is 9.59 Å². The summed E-state index contributed by atoms with van der Waals surface area (Å²) in [6.07, 6.45) is 6.91. The zero-order valence-corrected chi connectivity index (χ0v) is 15.9. The van der Waals surface area contributed by atoms with Crippen LogP contribution in [0.1, 0.15) is 11.1 Å². The van der Waals surface area contributed by atoms with Crippen molar-refractivity contribution in [3.63, 3.8) is 0 Å². The number of benzene rings is 2. The first-order valence-electron chi connectivity index (χ1n) is 7.57. The van der Waals surface area contributed by atoms with E-state index in [9.17, 15) is 9.59 Å². The number of hydrazone groups is 2. The topological polar surface area (TPSA) is 82.9 Å². The Morgan fingerprint density at radius 2 is 1.08 bits per heavy atom. The predicted octanol–water partition coefficient (Wildman–Crippen LogP) is 2.73. The average Bonchev–Trinajstić information content (AvgIpc) is 2.68. The number of hydrogen-bond acceptors (Lipinski definition) is 6. The third kappa shape index (κ3) is 6.38. The fraction of sp³-hybridized carbons (Fsp3) is 0.111. The molecule has 0 aromatic heterocycles. The van der Waals surface area contributed by atoms with Crippen molar-refractivity contribution in [1.82, 2.24) is 10.9 Å². The van der Waals surface area contributed by atoms with Gasteiger partial charge in [-0.3, -0.25) is 9.59 Å². The van der Waals surface area contributed by atoms with Crippen molar-refractivity contribution in [2.45, 2.75) is 9.79 Å². The summed E-state index contributed by atoms with van der Waals surface area (Å²) in [6.45, 7) is 0. The summed E-state index contributed by atoms with van der Waals surface area (Å²) in [7, 11) is 0. The molecule has 6 nitrogen and oxygen atoms in total. The van der Waals surface area contributed by atoms with Gasteiger partial charge in [0.2, 0.25) is 0 Å². The Balaban J connectivity index is 1.79. The molecule has 134 valence electrons. The van der Waals surface area contributed by atoms with E-state index in [4.69, 9.17) is 0 Å². The van der Waals surface area contributed by atoms with Crippen molar-refractivity contribution < 1.29 is 9.59 Å². The van der Waals surface area contributed by atoms with E-state index in [1.165, 1.54) is 12.4 Å². The quantitative estimate of drug-likeness (QED) is 0.346. The third-order valence-corrected chi connectivity index (χ3v) is 4.68. The second-order valence-corrected chi connectivity index (χ2v) is 6.70. The molecule has 0 fully saturated rings. The highest BCUT2D eigenvalue weighted by Gasteiger charge is 2.10. The summed E-state index contributed by atoms with van der Waals surface area (Å²) in [6, 6.07) is 15.3. The summed E-state index contributed by atoms with van der Waals surface area (Å²) in [5.74, 6) is -1.78. The van der Waals surface area contributed by atoms with Gasteiger partial charge in [-0.05, 0) is 47.9 Å². The molecule has 0 atom stereocenters. The molecule has 0 heterocycles. The van der Waals surface area contributed by atoms with Gasteiger partial charge in [0.1, 0.15) is 0 Å². The van der Waals surface area contributed by atoms with E-state index in [-0.39, 0.29) is 0 Å². The molecule has 8 heteroatoms. The Kier molecular flexibility index (Phi) is 7.91. The van der Waals surface area contributed by atoms with Gasteiger partial charge in [0.15, 0.2) is 0 Å². The lowest BCUT2D eigenvalue weighted by Crippen LogP contribution is -2.35. The van der Waals surface area contributed by atoms with Gasteiger partial charge in [0.25, 0.3) is 0 Å². The number of amides is 2. The normalized spacial score (nSPS) is 11.0. The average molecular weight is 387 g/mol. The van der Waals surface area contributed by atoms with Crippen LogP contribution in [0.3, 0.4) is 0 Å². The highest BCUT2D eigenvalue weighted by atomic mass is 32.2. The van der Waals surface area contributed by atoms with Crippen LogP contribution in [0.4, 0.5) is 0 Å². The lowest BCUT2D eigenvalue weighted by molar-refractivity contribution is -0.139. The van der Waals surface area contributed by atoms with Crippen LogP contribution >= 0.6 is 23.5 Å². The van der Waals surface area contributed by atoms with E-state index >= 15 is 0 Å². The molecule has 0 saturated carbocycles. The van der Waals surface area contributed by atoms with Gasteiger partial charge < -0.3 is 0 Å². The number of hydrogen-bond donors (Lipinski definition) is 2. The molecule has 2 aromatic rings. The van der Waals surface area contributed by atoms with Gasteiger partial charge in [-0.1, -0.05) is 24.3 Å². The number of thioether (sulfide) groups is 2. The summed E-state index contributed by atoms with van der Waals surface area (Å²) in [5.41, 5.74) is 5.95. The van der Waals surface area contributed by atoms with Crippen LogP contribution in [0, 0.1) is 0 Å². The summed E-state index contributed by atoms with van der Waals surface area (Å²) < 4.78 is 0. The molecule has 0 radical (unpaired) electrons. The number of carbonyl (C=O) groups excluding carboxylic acids is 2. The van der Waals surface area contributed by atoms with E-state index in [1.54, 1.807) is 23.5 Å². The lowest BCUT2D eigenvalue weighted by Gasteiger charge is -1.99. The van der Waals surface area contributed by atoms with E-state index in [0.29, 0.717) is 0 Å². The first-order valence-corrected chi connectivity index (χ1v) is 10.0. The summed E-state index contributed by atoms with van der Waals surface area (Å²) in [5, 5.41) is 7.51. The molecular weight excluding hydrogens is 368 g/mol. The van der Waals surface area contributed by atoms with Crippen molar-refractivity contribution >= 4 is 47.8 Å². The second kappa shape index (κ2) is 10.4. The van der Waals surface area contributed by atoms with Crippen LogP contribution in [-0.4, -0.2) is 36.8 Å². The number of rotatable bonds is 6. The van der Waals surface area contributed by atoms with Crippen molar-refractivity contribution in [2.24, 2.45) is 10.2 Å². The Labute approximate surface area is 160 Å². The van der Waals surface area contributed by atoms with Gasteiger partial charge in [-0.25, -0.2) is 10.9 Å². The maximum absolute atomic E-state index is 11.6. The maximum Gasteiger partial charge on any atom is 0.331 e. The van der Waals surface area contributed by atoms with E-state index < -0.39 is 11.8 Å². The molecule has 0 saturated heterocycles. The molecule has 2 rings (SSSR count). The molecule has 0 unspecified atom stereocenters. The first kappa shape index (κ1) is 19.7. The molecule has 0 aliphatic carbocycles. The number of nitrogens with zero attached hydrogens (tertiary/aromatic N) is 2. The second-order valence-electron chi connectivity index (χ2n) is 4.94. The van der Waals surface area contributed by atoms with E-state index in [2.05, 4.69) is 21.1 Å². The van der Waals surface area contributed by atoms with Crippen LogP contribution in [0.5, 0.6) is 0 Å². The first-order chi connectivity index (χ1) is 12.6. The molecular formula is C18H18N4O2S2. The zero-order chi connectivity index (χ0) is 18.8. The van der Waals surface area contributed by atoms with E-state index in [1.807, 2.05) is 61.0 Å². The summed E-state index contributed by atoms with van der Waals surface area (Å²) in [4.78, 5) is 25.5. The largest absolute Gasteiger partial charge is 0.331 e. The molecule has 2 amide bonds. The van der Waals surface area contributed by atoms with Crippen molar-refractivity contribution in [3.8, 4) is 0 Å². The fourth-order valence-electron chi connectivity index (χ4n) is 1.81. The minimum absolute atomic E-state index is 0.815. The van der Waals surface area contributed by atoms with Gasteiger partial charge in [-0.2, -0.15) is 10.2 Å². The van der Waals surface area contributed by atoms with Crippen LogP contribution in [0.25, 0.3) is 0 Å². The Bertz CT molecular complexity index is 733. The molecule has 0 aliphatic rings. The molecule has 2 N–H and O–H groups in total. The van der Waals surface area contributed by atoms with Gasteiger partial charge >= 0.3 is 11.8 Å². The van der Waals surface area contributed by atoms with Crippen molar-refractivity contribution in [3.05, 3.63) is 59.7 Å². The Morgan fingerprint density at radius 3 is 1.38 bits per heavy atom. The van der Waals surface area contributed by atoms with Gasteiger partial charge in [0, 0.05) is 9.79 Å². The summed E-state index contributed by atoms with van der Waals surface area (Å²) >= 11 is 3.27. The van der Waals surface area contributed by atoms with Crippen LogP contribution < -0.4 is 10.9 Å². The molecule has 0 bridgehead atoms. The van der Waals surface area contributed by atoms with E-state index in [0.717, 1.165) is 20.9 Å². The SMILES string of the molecule is CSc1ccc(C=NNC(=O)C(=O)NN=Cc2ccc(SC)cc2)cc1. The Hall–Kier alpha value is -2.58. The lowest BCUT2D eigenvalue weighted by atomic mass is 10.2. The predicted molar refractivity (Wildman–Crippen MR) is 108 cm³/mol. The smallest absolute Gasteiger partial charge is 0.262 e. The highest BCUT2D eigenvalue weighted by Crippen LogP contribution is 2.14. The fourth-order valence-corrected chi connectivity index (χ4v) is 2.63. The van der Waals surface area contributed by atoms with Gasteiger partial charge in [0.05, 0.1) is 12.4 Å². The third-order valence-electron chi connectivity index (χ3n) is 3.20. The standard InChI is InChI=1S/C18H18N4O2S2/c1-25-15-7-3-13(4-8-15)11-19-21-17(23)18(24)22-20-12-14-5-9-16(26-2)10-6-14/h3-12H,1-2H3,(H,21,23)(H,22,24). The van der Waals surface area contributed by atoms with Gasteiger partial charge in [-0.15, -0.1) is 23.5 Å². The molecule has 2 aromatic carbocycles. The zero-order valence-electron chi connectivity index (χ0n) is 14.3. The maximum atomic E-state index is 11.6. The van der Waals surface area contributed by atoms with Crippen molar-refractivity contribution in [1.29, 1.82) is 0 Å².